The lowest BCUT2D eigenvalue weighted by molar-refractivity contribution is -0.136. The maximum atomic E-state index is 12.3. The fourth-order valence-corrected chi connectivity index (χ4v) is 2.71. The van der Waals surface area contributed by atoms with E-state index in [0.717, 1.165) is 6.92 Å². The van der Waals surface area contributed by atoms with Crippen LogP contribution in [-0.4, -0.2) is 30.5 Å². The number of hydrogen-bond acceptors (Lipinski definition) is 4. The number of sulfonamides is 1. The monoisotopic (exact) mass is 311 g/mol. The third kappa shape index (κ3) is 4.35. The van der Waals surface area contributed by atoms with Crippen LogP contribution in [0.25, 0.3) is 0 Å². The summed E-state index contributed by atoms with van der Waals surface area (Å²) in [5.74, 6) is -4.23. The molecule has 1 atom stereocenters. The molecule has 0 amide bonds. The van der Waals surface area contributed by atoms with Gasteiger partial charge in [-0.25, -0.2) is 8.42 Å². The molecule has 0 spiro atoms. The third-order valence-corrected chi connectivity index (χ3v) is 4.59. The number of aliphatic carboxylic acids is 1. The van der Waals surface area contributed by atoms with E-state index >= 15 is 0 Å². The summed E-state index contributed by atoms with van der Waals surface area (Å²) >= 11 is 0.178. The molecule has 0 radical (unpaired) electrons. The van der Waals surface area contributed by atoms with E-state index in [1.807, 2.05) is 4.72 Å². The van der Waals surface area contributed by atoms with Gasteiger partial charge in [0.05, 0.1) is 5.69 Å². The lowest BCUT2D eigenvalue weighted by atomic mass is 10.3. The number of carboxylic acids is 1. The van der Waals surface area contributed by atoms with Crippen molar-refractivity contribution in [2.75, 3.05) is 4.72 Å². The second-order valence-electron chi connectivity index (χ2n) is 3.50. The molecule has 1 rings (SSSR count). The van der Waals surface area contributed by atoms with Gasteiger partial charge in [-0.1, -0.05) is 23.9 Å². The number of nitrogens with one attached hydrogen (secondary N) is 1. The molecule has 0 fully saturated rings. The van der Waals surface area contributed by atoms with E-state index in [1.165, 1.54) is 24.3 Å². The van der Waals surface area contributed by atoms with Crippen LogP contribution in [-0.2, 0) is 14.8 Å². The van der Waals surface area contributed by atoms with Gasteiger partial charge in [0.15, 0.2) is 5.25 Å². The van der Waals surface area contributed by atoms with Crippen LogP contribution in [0.1, 0.15) is 6.92 Å². The Bertz CT molecular complexity index is 562. The molecule has 0 bridgehead atoms. The lowest BCUT2D eigenvalue weighted by Crippen LogP contribution is -2.32. The molecule has 0 aliphatic carbocycles. The van der Waals surface area contributed by atoms with E-state index in [4.69, 9.17) is 5.11 Å². The van der Waals surface area contributed by atoms with Gasteiger partial charge in [0.25, 0.3) is 5.76 Å². The van der Waals surface area contributed by atoms with Crippen molar-refractivity contribution >= 4 is 33.4 Å². The Labute approximate surface area is 113 Å². The first-order chi connectivity index (χ1) is 8.74. The molecule has 0 saturated carbocycles. The van der Waals surface area contributed by atoms with Crippen LogP contribution in [0.3, 0.4) is 0 Å². The summed E-state index contributed by atoms with van der Waals surface area (Å²) < 4.78 is 50.0. The maximum absolute atomic E-state index is 12.3. The molecule has 0 aromatic heterocycles. The van der Waals surface area contributed by atoms with Gasteiger partial charge in [-0.05, 0) is 19.1 Å². The average Bonchev–Trinajstić information content (AvgIpc) is 2.29. The number of anilines is 1. The van der Waals surface area contributed by atoms with Gasteiger partial charge in [0, 0.05) is 4.90 Å². The number of carbonyl (C=O) groups is 1. The van der Waals surface area contributed by atoms with Crippen LogP contribution >= 0.6 is 11.8 Å². The number of hydrogen-bond donors (Lipinski definition) is 2. The number of halogens is 2. The first-order valence-corrected chi connectivity index (χ1v) is 7.45. The Morgan fingerprint density at radius 1 is 1.37 bits per heavy atom. The Hall–Kier alpha value is -1.35. The fourth-order valence-electron chi connectivity index (χ4n) is 1.12. The SMILES string of the molecule is CC(C(=O)O)S(=O)(=O)Nc1ccccc1SC(F)F. The molecule has 19 heavy (non-hydrogen) atoms. The normalized spacial score (nSPS) is 13.3. The van der Waals surface area contributed by atoms with E-state index in [0.29, 0.717) is 0 Å². The minimum atomic E-state index is -4.18. The third-order valence-electron chi connectivity index (χ3n) is 2.17. The number of benzene rings is 1. The van der Waals surface area contributed by atoms with Crippen LogP contribution in [0.4, 0.5) is 14.5 Å². The van der Waals surface area contributed by atoms with Crippen molar-refractivity contribution < 1.29 is 27.1 Å². The average molecular weight is 311 g/mol. The minimum absolute atomic E-state index is 0.0265. The highest BCUT2D eigenvalue weighted by molar-refractivity contribution is 8.00. The van der Waals surface area contributed by atoms with Gasteiger partial charge in [-0.15, -0.1) is 0 Å². The maximum Gasteiger partial charge on any atom is 0.323 e. The zero-order chi connectivity index (χ0) is 14.6. The molecule has 0 aliphatic rings. The molecule has 1 unspecified atom stereocenters. The van der Waals surface area contributed by atoms with Crippen LogP contribution in [0.5, 0.6) is 0 Å². The van der Waals surface area contributed by atoms with Crippen molar-refractivity contribution in [1.82, 2.24) is 0 Å². The first-order valence-electron chi connectivity index (χ1n) is 5.02. The van der Waals surface area contributed by atoms with Gasteiger partial charge >= 0.3 is 5.97 Å². The summed E-state index contributed by atoms with van der Waals surface area (Å²) in [6, 6.07) is 5.54. The predicted octanol–water partition coefficient (Wildman–Crippen LogP) is 2.22. The molecule has 2 N–H and O–H groups in total. The van der Waals surface area contributed by atoms with Gasteiger partial charge in [-0.3, -0.25) is 9.52 Å². The van der Waals surface area contributed by atoms with Crippen LogP contribution in [0.15, 0.2) is 29.2 Å². The topological polar surface area (TPSA) is 83.5 Å². The number of rotatable bonds is 6. The summed E-state index contributed by atoms with van der Waals surface area (Å²) in [6.07, 6.45) is 0. The van der Waals surface area contributed by atoms with Crippen LogP contribution in [0, 0.1) is 0 Å². The van der Waals surface area contributed by atoms with E-state index in [1.54, 1.807) is 0 Å². The van der Waals surface area contributed by atoms with Crippen molar-refractivity contribution in [1.29, 1.82) is 0 Å². The van der Waals surface area contributed by atoms with Gasteiger partial charge in [0.2, 0.25) is 10.0 Å². The van der Waals surface area contributed by atoms with Crippen molar-refractivity contribution in [3.05, 3.63) is 24.3 Å². The van der Waals surface area contributed by atoms with E-state index in [9.17, 15) is 22.0 Å². The number of thioether (sulfide) groups is 1. The van der Waals surface area contributed by atoms with Gasteiger partial charge in [-0.2, -0.15) is 8.78 Å². The van der Waals surface area contributed by atoms with Gasteiger partial charge < -0.3 is 5.11 Å². The Morgan fingerprint density at radius 2 is 1.95 bits per heavy atom. The minimum Gasteiger partial charge on any atom is -0.480 e. The molecule has 0 heterocycles. The zero-order valence-electron chi connectivity index (χ0n) is 9.71. The molecule has 1 aromatic carbocycles. The van der Waals surface area contributed by atoms with Crippen LogP contribution in [0.2, 0.25) is 0 Å². The van der Waals surface area contributed by atoms with Gasteiger partial charge in [0.1, 0.15) is 0 Å². The lowest BCUT2D eigenvalue weighted by Gasteiger charge is -2.14. The number of para-hydroxylation sites is 1. The van der Waals surface area contributed by atoms with E-state index in [2.05, 4.69) is 0 Å². The van der Waals surface area contributed by atoms with E-state index in [-0.39, 0.29) is 22.3 Å². The second-order valence-corrected chi connectivity index (χ2v) is 6.54. The molecule has 0 aliphatic heterocycles. The van der Waals surface area contributed by atoms with Crippen molar-refractivity contribution in [2.45, 2.75) is 22.8 Å². The van der Waals surface area contributed by atoms with Crippen molar-refractivity contribution in [3.63, 3.8) is 0 Å². The molecule has 5 nitrogen and oxygen atoms in total. The largest absolute Gasteiger partial charge is 0.480 e. The molecule has 106 valence electrons. The molecular weight excluding hydrogens is 300 g/mol. The Balaban J connectivity index is 3.03. The Kier molecular flexibility index (Phi) is 5.12. The van der Waals surface area contributed by atoms with Crippen molar-refractivity contribution in [2.24, 2.45) is 0 Å². The summed E-state index contributed by atoms with van der Waals surface area (Å²) in [6.45, 7) is 0.994. The predicted molar refractivity (Wildman–Crippen MR) is 67.9 cm³/mol. The summed E-state index contributed by atoms with van der Waals surface area (Å²) in [5, 5.41) is 6.98. The smallest absolute Gasteiger partial charge is 0.323 e. The fraction of sp³-hybridized carbons (Fsp3) is 0.300. The van der Waals surface area contributed by atoms with E-state index < -0.39 is 27.0 Å². The molecule has 0 saturated heterocycles. The first kappa shape index (κ1) is 15.7. The number of alkyl halides is 2. The quantitative estimate of drug-likeness (QED) is 0.787. The van der Waals surface area contributed by atoms with Crippen LogP contribution < -0.4 is 4.72 Å². The highest BCUT2D eigenvalue weighted by Gasteiger charge is 2.28. The summed E-state index contributed by atoms with van der Waals surface area (Å²) in [4.78, 5) is 10.7. The molecule has 9 heteroatoms. The zero-order valence-corrected chi connectivity index (χ0v) is 11.3. The molecule has 1 aromatic rings. The second kappa shape index (κ2) is 6.20. The standard InChI is InChI=1S/C10H11F2NO4S2/c1-6(9(14)15)19(16,17)13-7-4-2-3-5-8(7)18-10(11)12/h2-6,10,13H,1H3,(H,14,15). The number of carboxylic acid groups (broad SMARTS) is 1. The Morgan fingerprint density at radius 3 is 2.47 bits per heavy atom. The highest BCUT2D eigenvalue weighted by atomic mass is 32.2. The molecular formula is C10H11F2NO4S2. The highest BCUT2D eigenvalue weighted by Crippen LogP contribution is 2.32. The summed E-state index contributed by atoms with van der Waals surface area (Å²) in [7, 11) is -4.18. The van der Waals surface area contributed by atoms with Crippen molar-refractivity contribution in [3.8, 4) is 0 Å². The summed E-state index contributed by atoms with van der Waals surface area (Å²) in [5.41, 5.74) is -0.0686.